The number of ketones is 1. The van der Waals surface area contributed by atoms with Crippen LogP contribution in [-0.4, -0.2) is 60.3 Å². The highest BCUT2D eigenvalue weighted by Gasteiger charge is 2.44. The maximum atomic E-state index is 14.1. The Morgan fingerprint density at radius 3 is 2.55 bits per heavy atom. The van der Waals surface area contributed by atoms with Crippen molar-refractivity contribution >= 4 is 17.8 Å². The van der Waals surface area contributed by atoms with Gasteiger partial charge in [-0.1, -0.05) is 74.0 Å². The summed E-state index contributed by atoms with van der Waals surface area (Å²) in [5, 5.41) is 8.97. The number of hydrogen-bond donors (Lipinski definition) is 1. The van der Waals surface area contributed by atoms with Crippen LogP contribution in [0.4, 0.5) is 4.79 Å². The lowest BCUT2D eigenvalue weighted by Crippen LogP contribution is -2.47. The number of aryl methyl sites for hydroxylation is 2. The van der Waals surface area contributed by atoms with E-state index in [0.717, 1.165) is 27.2 Å². The van der Waals surface area contributed by atoms with E-state index in [2.05, 4.69) is 0 Å². The van der Waals surface area contributed by atoms with Crippen molar-refractivity contribution in [1.29, 1.82) is 0 Å². The number of carbonyl (C=O) groups excluding carboxylic acids is 3. The molecular weight excluding hydrogens is 510 g/mol. The SMILES string of the molecule is Cc1cccc(-c2cc(C(=O)[C@@H](Cc3ccccc3)C(=O)N3C(=O)OC[C@H]3C(C)C)oc2CCCOCCO)c1. The van der Waals surface area contributed by atoms with Crippen molar-refractivity contribution < 1.29 is 33.4 Å². The fourth-order valence-corrected chi connectivity index (χ4v) is 4.96. The normalized spacial score (nSPS) is 15.9. The zero-order valence-electron chi connectivity index (χ0n) is 23.3. The molecule has 2 atom stereocenters. The van der Waals surface area contributed by atoms with Gasteiger partial charge in [0.25, 0.3) is 0 Å². The van der Waals surface area contributed by atoms with Crippen molar-refractivity contribution in [2.24, 2.45) is 11.8 Å². The van der Waals surface area contributed by atoms with Gasteiger partial charge in [0, 0.05) is 18.6 Å². The molecule has 0 aliphatic carbocycles. The number of rotatable bonds is 13. The molecule has 0 unspecified atom stereocenters. The number of imide groups is 1. The van der Waals surface area contributed by atoms with Crippen LogP contribution in [0.1, 0.15) is 47.7 Å². The standard InChI is InChI=1S/C32H37NO7/c1-21(2)27-20-39-32(37)33(27)31(36)26(18-23-10-5-4-6-11-23)30(35)29-19-25(24-12-7-9-22(3)17-24)28(40-29)13-8-15-38-16-14-34/h4-7,9-12,17,19,21,26-27,34H,8,13-16,18,20H2,1-3H3/t26-,27+/m1/s1. The molecule has 8 nitrogen and oxygen atoms in total. The van der Waals surface area contributed by atoms with Gasteiger partial charge >= 0.3 is 6.09 Å². The Bertz CT molecular complexity index is 1310. The number of nitrogens with zero attached hydrogens (tertiary/aromatic N) is 1. The number of benzene rings is 2. The summed E-state index contributed by atoms with van der Waals surface area (Å²) in [7, 11) is 0. The summed E-state index contributed by atoms with van der Waals surface area (Å²) in [5.74, 6) is -1.56. The minimum absolute atomic E-state index is 0.0286. The molecule has 40 heavy (non-hydrogen) atoms. The first-order valence-electron chi connectivity index (χ1n) is 13.8. The van der Waals surface area contributed by atoms with Crippen LogP contribution in [0.5, 0.6) is 0 Å². The molecule has 0 spiro atoms. The number of amides is 2. The molecule has 4 rings (SSSR count). The molecule has 0 bridgehead atoms. The second kappa shape index (κ2) is 13.5. The van der Waals surface area contributed by atoms with E-state index in [9.17, 15) is 14.4 Å². The van der Waals surface area contributed by atoms with Crippen LogP contribution < -0.4 is 0 Å². The van der Waals surface area contributed by atoms with E-state index in [0.29, 0.717) is 25.2 Å². The maximum Gasteiger partial charge on any atom is 0.417 e. The molecule has 212 valence electrons. The third-order valence-electron chi connectivity index (χ3n) is 7.12. The van der Waals surface area contributed by atoms with E-state index in [1.54, 1.807) is 6.07 Å². The molecule has 2 heterocycles. The molecule has 3 aromatic rings. The second-order valence-corrected chi connectivity index (χ2v) is 10.5. The molecule has 1 aromatic heterocycles. The highest BCUT2D eigenvalue weighted by atomic mass is 16.6. The zero-order chi connectivity index (χ0) is 28.6. The van der Waals surface area contributed by atoms with Crippen molar-refractivity contribution in [2.45, 2.75) is 46.1 Å². The van der Waals surface area contributed by atoms with Gasteiger partial charge in [-0.25, -0.2) is 9.69 Å². The third kappa shape index (κ3) is 6.87. The number of carbonyl (C=O) groups is 3. The molecule has 8 heteroatoms. The molecule has 0 saturated carbocycles. The summed E-state index contributed by atoms with van der Waals surface area (Å²) in [4.78, 5) is 41.7. The number of cyclic esters (lactones) is 1. The molecule has 1 fully saturated rings. The van der Waals surface area contributed by atoms with Crippen LogP contribution in [0.2, 0.25) is 0 Å². The fraction of sp³-hybridized carbons (Fsp3) is 0.406. The van der Waals surface area contributed by atoms with Gasteiger partial charge in [-0.15, -0.1) is 0 Å². The Kier molecular flexibility index (Phi) is 9.90. The van der Waals surface area contributed by atoms with Crippen molar-refractivity contribution in [3.05, 3.63) is 83.3 Å². The van der Waals surface area contributed by atoms with Crippen LogP contribution in [0.3, 0.4) is 0 Å². The van der Waals surface area contributed by atoms with E-state index in [-0.39, 0.29) is 37.9 Å². The minimum Gasteiger partial charge on any atom is -0.457 e. The predicted molar refractivity (Wildman–Crippen MR) is 150 cm³/mol. The smallest absolute Gasteiger partial charge is 0.417 e. The molecular formula is C32H37NO7. The van der Waals surface area contributed by atoms with Gasteiger partial charge in [0.1, 0.15) is 18.3 Å². The highest BCUT2D eigenvalue weighted by molar-refractivity contribution is 6.12. The van der Waals surface area contributed by atoms with Gasteiger partial charge in [0.2, 0.25) is 11.7 Å². The van der Waals surface area contributed by atoms with Crippen LogP contribution >= 0.6 is 0 Å². The summed E-state index contributed by atoms with van der Waals surface area (Å²) in [5.41, 5.74) is 3.55. The van der Waals surface area contributed by atoms with E-state index in [4.69, 9.17) is 19.0 Å². The number of aliphatic hydroxyl groups excluding tert-OH is 1. The second-order valence-electron chi connectivity index (χ2n) is 10.5. The van der Waals surface area contributed by atoms with Gasteiger partial charge in [0.05, 0.1) is 19.3 Å². The molecule has 2 amide bonds. The Labute approximate surface area is 234 Å². The number of ether oxygens (including phenoxy) is 2. The largest absolute Gasteiger partial charge is 0.457 e. The first kappa shape index (κ1) is 29.2. The Morgan fingerprint density at radius 2 is 1.85 bits per heavy atom. The third-order valence-corrected chi connectivity index (χ3v) is 7.12. The van der Waals surface area contributed by atoms with Crippen molar-refractivity contribution in [2.75, 3.05) is 26.4 Å². The number of Topliss-reactive ketones (excluding diaryl/α,β-unsaturated/α-hetero) is 1. The van der Waals surface area contributed by atoms with E-state index in [1.165, 1.54) is 0 Å². The first-order chi connectivity index (χ1) is 19.3. The summed E-state index contributed by atoms with van der Waals surface area (Å²) >= 11 is 0. The van der Waals surface area contributed by atoms with E-state index < -0.39 is 29.7 Å². The molecule has 1 aliphatic heterocycles. The first-order valence-corrected chi connectivity index (χ1v) is 13.8. The molecule has 1 saturated heterocycles. The Morgan fingerprint density at radius 1 is 1.07 bits per heavy atom. The molecule has 0 radical (unpaired) electrons. The van der Waals surface area contributed by atoms with Gasteiger partial charge in [-0.3, -0.25) is 9.59 Å². The van der Waals surface area contributed by atoms with E-state index in [1.807, 2.05) is 75.4 Å². The lowest BCUT2D eigenvalue weighted by atomic mass is 9.91. The van der Waals surface area contributed by atoms with Crippen LogP contribution in [0.25, 0.3) is 11.1 Å². The van der Waals surface area contributed by atoms with Crippen molar-refractivity contribution in [1.82, 2.24) is 4.90 Å². The van der Waals surface area contributed by atoms with Crippen LogP contribution in [0, 0.1) is 18.8 Å². The summed E-state index contributed by atoms with van der Waals surface area (Å²) in [6, 6.07) is 18.4. The molecule has 1 aliphatic rings. The summed E-state index contributed by atoms with van der Waals surface area (Å²) in [6.07, 6.45) is 0.533. The summed E-state index contributed by atoms with van der Waals surface area (Å²) in [6.45, 7) is 6.57. The molecule has 2 aromatic carbocycles. The Hall–Kier alpha value is -3.75. The average Bonchev–Trinajstić information content (AvgIpc) is 3.55. The lowest BCUT2D eigenvalue weighted by Gasteiger charge is -2.26. The lowest BCUT2D eigenvalue weighted by molar-refractivity contribution is -0.132. The predicted octanol–water partition coefficient (Wildman–Crippen LogP) is 5.24. The van der Waals surface area contributed by atoms with Gasteiger partial charge in [-0.2, -0.15) is 0 Å². The monoisotopic (exact) mass is 547 g/mol. The van der Waals surface area contributed by atoms with Gasteiger partial charge in [0.15, 0.2) is 5.76 Å². The van der Waals surface area contributed by atoms with E-state index >= 15 is 0 Å². The number of furan rings is 1. The molecule has 1 N–H and O–H groups in total. The number of aliphatic hydroxyl groups is 1. The van der Waals surface area contributed by atoms with Gasteiger partial charge < -0.3 is 19.0 Å². The average molecular weight is 548 g/mol. The topological polar surface area (TPSA) is 106 Å². The highest BCUT2D eigenvalue weighted by Crippen LogP contribution is 2.32. The maximum absolute atomic E-state index is 14.1. The zero-order valence-corrected chi connectivity index (χ0v) is 23.3. The Balaban J connectivity index is 1.69. The number of hydrogen-bond acceptors (Lipinski definition) is 7. The summed E-state index contributed by atoms with van der Waals surface area (Å²) < 4.78 is 16.8. The van der Waals surface area contributed by atoms with Crippen LogP contribution in [0.15, 0.2) is 65.1 Å². The minimum atomic E-state index is -1.16. The van der Waals surface area contributed by atoms with Crippen molar-refractivity contribution in [3.8, 4) is 11.1 Å². The van der Waals surface area contributed by atoms with Crippen LogP contribution in [-0.2, 0) is 27.1 Å². The van der Waals surface area contributed by atoms with Crippen molar-refractivity contribution in [3.63, 3.8) is 0 Å². The fourth-order valence-electron chi connectivity index (χ4n) is 4.96. The van der Waals surface area contributed by atoms with Gasteiger partial charge in [-0.05, 0) is 42.9 Å². The quantitative estimate of drug-likeness (QED) is 0.177.